The molecule has 37 heavy (non-hydrogen) atoms. The Morgan fingerprint density at radius 1 is 0.946 bits per heavy atom. The minimum Gasteiger partial charge on any atom is -0.507 e. The summed E-state index contributed by atoms with van der Waals surface area (Å²) in [5, 5.41) is 15.1. The number of methoxy groups -OCH3 is 2. The summed E-state index contributed by atoms with van der Waals surface area (Å²) in [6.45, 7) is 1.72. The van der Waals surface area contributed by atoms with E-state index in [2.05, 4.69) is 10.1 Å². The van der Waals surface area contributed by atoms with E-state index >= 15 is 0 Å². The lowest BCUT2D eigenvalue weighted by molar-refractivity contribution is -0.132. The van der Waals surface area contributed by atoms with E-state index < -0.39 is 17.7 Å². The molecule has 1 aromatic heterocycles. The molecule has 186 valence electrons. The van der Waals surface area contributed by atoms with Crippen molar-refractivity contribution in [2.75, 3.05) is 19.1 Å². The van der Waals surface area contributed by atoms with E-state index in [0.717, 1.165) is 0 Å². The van der Waals surface area contributed by atoms with Gasteiger partial charge >= 0.3 is 0 Å². The number of ketones is 1. The summed E-state index contributed by atoms with van der Waals surface area (Å²) in [6, 6.07) is 19.6. The third-order valence-corrected chi connectivity index (χ3v) is 6.16. The van der Waals surface area contributed by atoms with Crippen LogP contribution in [0.4, 0.5) is 5.69 Å². The van der Waals surface area contributed by atoms with Crippen LogP contribution in [0.2, 0.25) is 0 Å². The number of benzene rings is 3. The van der Waals surface area contributed by atoms with Crippen molar-refractivity contribution in [2.24, 2.45) is 0 Å². The Balaban J connectivity index is 1.66. The number of aryl methyl sites for hydroxylation is 1. The average molecular weight is 498 g/mol. The van der Waals surface area contributed by atoms with Crippen molar-refractivity contribution in [3.8, 4) is 23.0 Å². The molecule has 4 aromatic rings. The number of aromatic nitrogens is 2. The maximum absolute atomic E-state index is 13.4. The van der Waals surface area contributed by atoms with Gasteiger partial charge in [-0.1, -0.05) is 23.4 Å². The Hall–Kier alpha value is -4.92. The molecule has 1 fully saturated rings. The molecule has 5 rings (SSSR count). The standard InChI is InChI=1S/C28H23N3O6/c1-16-29-27(37-30-16)18-8-12-19(13-9-18)31-24(21-6-4-5-7-22(21)36-3)23(26(33)28(31)34)25(32)17-10-14-20(35-2)15-11-17/h4-15,24,32H,1-3H3. The van der Waals surface area contributed by atoms with Crippen molar-refractivity contribution in [3.63, 3.8) is 0 Å². The number of hydrogen-bond donors (Lipinski definition) is 1. The lowest BCUT2D eigenvalue weighted by atomic mass is 9.94. The van der Waals surface area contributed by atoms with Gasteiger partial charge in [-0.3, -0.25) is 14.5 Å². The average Bonchev–Trinajstić information content (AvgIpc) is 3.49. The third-order valence-electron chi connectivity index (χ3n) is 6.16. The minimum atomic E-state index is -0.935. The molecule has 1 aliphatic rings. The molecule has 1 N–H and O–H groups in total. The highest BCUT2D eigenvalue weighted by Gasteiger charge is 2.47. The first-order valence-electron chi connectivity index (χ1n) is 11.4. The van der Waals surface area contributed by atoms with Crippen LogP contribution in [0.25, 0.3) is 17.2 Å². The summed E-state index contributed by atoms with van der Waals surface area (Å²) < 4.78 is 16.0. The molecule has 3 aromatic carbocycles. The van der Waals surface area contributed by atoms with E-state index in [1.54, 1.807) is 79.7 Å². The van der Waals surface area contributed by atoms with Crippen LogP contribution in [0.1, 0.15) is 23.0 Å². The van der Waals surface area contributed by atoms with Gasteiger partial charge in [0.15, 0.2) is 5.82 Å². The number of rotatable bonds is 6. The first-order chi connectivity index (χ1) is 17.9. The van der Waals surface area contributed by atoms with Crippen LogP contribution in [0.3, 0.4) is 0 Å². The van der Waals surface area contributed by atoms with Crippen LogP contribution in [0.15, 0.2) is 82.9 Å². The Labute approximate surface area is 212 Å². The zero-order chi connectivity index (χ0) is 26.1. The van der Waals surface area contributed by atoms with Crippen LogP contribution in [0.5, 0.6) is 11.5 Å². The number of hydrogen-bond acceptors (Lipinski definition) is 8. The number of aliphatic hydroxyl groups is 1. The van der Waals surface area contributed by atoms with Crippen LogP contribution >= 0.6 is 0 Å². The van der Waals surface area contributed by atoms with E-state index in [4.69, 9.17) is 14.0 Å². The first-order valence-corrected chi connectivity index (χ1v) is 11.4. The van der Waals surface area contributed by atoms with E-state index in [1.165, 1.54) is 19.1 Å². The molecule has 9 heteroatoms. The molecule has 1 atom stereocenters. The van der Waals surface area contributed by atoms with Crippen LogP contribution in [0, 0.1) is 6.92 Å². The van der Waals surface area contributed by atoms with Crippen LogP contribution in [-0.2, 0) is 9.59 Å². The van der Waals surface area contributed by atoms with Crippen LogP contribution in [-0.4, -0.2) is 41.2 Å². The monoisotopic (exact) mass is 497 g/mol. The largest absolute Gasteiger partial charge is 0.507 e. The predicted octanol–water partition coefficient (Wildman–Crippen LogP) is 4.69. The molecule has 9 nitrogen and oxygen atoms in total. The van der Waals surface area contributed by atoms with Gasteiger partial charge in [0.1, 0.15) is 17.3 Å². The highest BCUT2D eigenvalue weighted by Crippen LogP contribution is 2.45. The van der Waals surface area contributed by atoms with Gasteiger partial charge in [-0.05, 0) is 61.5 Å². The fourth-order valence-electron chi connectivity index (χ4n) is 4.37. The van der Waals surface area contributed by atoms with Crippen molar-refractivity contribution in [1.29, 1.82) is 0 Å². The highest BCUT2D eigenvalue weighted by molar-refractivity contribution is 6.51. The molecule has 0 spiro atoms. The molecule has 0 bridgehead atoms. The normalized spacial score (nSPS) is 16.7. The third kappa shape index (κ3) is 4.20. The second-order valence-corrected chi connectivity index (χ2v) is 8.33. The number of ether oxygens (including phenoxy) is 2. The SMILES string of the molecule is COc1ccc(C(O)=C2C(=O)C(=O)N(c3ccc(-c4nc(C)no4)cc3)C2c2ccccc2OC)cc1. The van der Waals surface area contributed by atoms with E-state index in [9.17, 15) is 14.7 Å². The summed E-state index contributed by atoms with van der Waals surface area (Å²) in [6.07, 6.45) is 0. The first kappa shape index (κ1) is 23.8. The highest BCUT2D eigenvalue weighted by atomic mass is 16.5. The summed E-state index contributed by atoms with van der Waals surface area (Å²) >= 11 is 0. The van der Waals surface area contributed by atoms with Gasteiger partial charge < -0.3 is 19.1 Å². The number of nitrogens with zero attached hydrogens (tertiary/aromatic N) is 3. The second kappa shape index (κ2) is 9.62. The number of para-hydroxylation sites is 1. The van der Waals surface area contributed by atoms with E-state index in [1.807, 2.05) is 0 Å². The zero-order valence-corrected chi connectivity index (χ0v) is 20.3. The van der Waals surface area contributed by atoms with Gasteiger partial charge in [-0.15, -0.1) is 0 Å². The van der Waals surface area contributed by atoms with Crippen molar-refractivity contribution in [3.05, 3.63) is 95.3 Å². The Kier molecular flexibility index (Phi) is 6.19. The molecule has 0 radical (unpaired) electrons. The van der Waals surface area contributed by atoms with Gasteiger partial charge in [0.2, 0.25) is 0 Å². The summed E-state index contributed by atoms with van der Waals surface area (Å²) in [4.78, 5) is 32.4. The summed E-state index contributed by atoms with van der Waals surface area (Å²) in [7, 11) is 3.04. The van der Waals surface area contributed by atoms with Gasteiger partial charge in [-0.25, -0.2) is 0 Å². The molecule has 1 aliphatic heterocycles. The maximum atomic E-state index is 13.4. The summed E-state index contributed by atoms with van der Waals surface area (Å²) in [5.74, 6) is 0.0321. The summed E-state index contributed by atoms with van der Waals surface area (Å²) in [5.41, 5.74) is 1.99. The Morgan fingerprint density at radius 2 is 1.65 bits per heavy atom. The minimum absolute atomic E-state index is 0.0451. The number of anilines is 1. The number of carbonyl (C=O) groups is 2. The fraction of sp³-hybridized carbons (Fsp3) is 0.143. The maximum Gasteiger partial charge on any atom is 0.300 e. The molecular weight excluding hydrogens is 474 g/mol. The van der Waals surface area contributed by atoms with Gasteiger partial charge in [-0.2, -0.15) is 4.98 Å². The predicted molar refractivity (Wildman–Crippen MR) is 135 cm³/mol. The van der Waals surface area contributed by atoms with Crippen molar-refractivity contribution < 1.29 is 28.7 Å². The number of carbonyl (C=O) groups excluding carboxylic acids is 2. The molecule has 1 unspecified atom stereocenters. The molecule has 0 aliphatic carbocycles. The lowest BCUT2D eigenvalue weighted by Gasteiger charge is -2.26. The van der Waals surface area contributed by atoms with Crippen molar-refractivity contribution >= 4 is 23.1 Å². The van der Waals surface area contributed by atoms with Crippen molar-refractivity contribution in [2.45, 2.75) is 13.0 Å². The lowest BCUT2D eigenvalue weighted by Crippen LogP contribution is -2.29. The number of Topliss-reactive ketones (excluding diaryl/α,β-unsaturated/α-hetero) is 1. The van der Waals surface area contributed by atoms with E-state index in [0.29, 0.717) is 45.6 Å². The fourth-order valence-corrected chi connectivity index (χ4v) is 4.37. The van der Waals surface area contributed by atoms with Crippen molar-refractivity contribution in [1.82, 2.24) is 10.1 Å². The van der Waals surface area contributed by atoms with Gasteiger partial charge in [0, 0.05) is 22.4 Å². The molecule has 1 saturated heterocycles. The Morgan fingerprint density at radius 3 is 2.27 bits per heavy atom. The zero-order valence-electron chi connectivity index (χ0n) is 20.3. The van der Waals surface area contributed by atoms with Gasteiger partial charge in [0.25, 0.3) is 17.6 Å². The molecule has 0 saturated carbocycles. The topological polar surface area (TPSA) is 115 Å². The Bertz CT molecular complexity index is 1510. The molecule has 2 heterocycles. The second-order valence-electron chi connectivity index (χ2n) is 8.33. The quantitative estimate of drug-likeness (QED) is 0.232. The van der Waals surface area contributed by atoms with E-state index in [-0.39, 0.29) is 11.3 Å². The molecule has 1 amide bonds. The number of amides is 1. The van der Waals surface area contributed by atoms with Gasteiger partial charge in [0.05, 0.1) is 25.8 Å². The molecular formula is C28H23N3O6. The number of aliphatic hydroxyl groups excluding tert-OH is 1. The smallest absolute Gasteiger partial charge is 0.300 e. The van der Waals surface area contributed by atoms with Crippen LogP contribution < -0.4 is 14.4 Å².